The number of benzene rings is 2. The molecule has 170 valence electrons. The number of anilines is 1. The monoisotopic (exact) mass is 457 g/mol. The van der Waals surface area contributed by atoms with E-state index in [1.165, 1.54) is 10.9 Å². The summed E-state index contributed by atoms with van der Waals surface area (Å²) in [6.45, 7) is 2.31. The van der Waals surface area contributed by atoms with Gasteiger partial charge in [-0.1, -0.05) is 47.6 Å². The lowest BCUT2D eigenvalue weighted by atomic mass is 10.0. The molecule has 0 saturated heterocycles. The van der Waals surface area contributed by atoms with Crippen LogP contribution < -0.4 is 5.32 Å². The first-order valence-electron chi connectivity index (χ1n) is 10.4. The number of aryl methyl sites for hydroxylation is 1. The predicted molar refractivity (Wildman–Crippen MR) is 122 cm³/mol. The van der Waals surface area contributed by atoms with E-state index in [1.54, 1.807) is 24.0 Å². The normalized spacial score (nSPS) is 11.1. The molecule has 5 aromatic rings. The Labute approximate surface area is 192 Å². The molecule has 0 aliphatic heterocycles. The lowest BCUT2D eigenvalue weighted by molar-refractivity contribution is -0.385. The Morgan fingerprint density at radius 1 is 1.06 bits per heavy atom. The van der Waals surface area contributed by atoms with E-state index >= 15 is 0 Å². The molecule has 0 bridgehead atoms. The first kappa shape index (κ1) is 21.1. The van der Waals surface area contributed by atoms with Crippen molar-refractivity contribution in [1.82, 2.24) is 24.7 Å². The number of amides is 1. The fourth-order valence-corrected chi connectivity index (χ4v) is 3.76. The molecule has 3 aromatic heterocycles. The summed E-state index contributed by atoms with van der Waals surface area (Å²) in [5.41, 5.74) is 2.04. The molecule has 0 saturated carbocycles. The smallest absolute Gasteiger partial charge is 0.307 e. The van der Waals surface area contributed by atoms with Crippen molar-refractivity contribution in [3.05, 3.63) is 99.9 Å². The highest BCUT2D eigenvalue weighted by molar-refractivity contribution is 6.03. The Hall–Kier alpha value is -4.80. The number of carbonyl (C=O) groups excluding carboxylic acids is 1. The molecule has 0 spiro atoms. The maximum absolute atomic E-state index is 12.9. The van der Waals surface area contributed by atoms with E-state index in [9.17, 15) is 14.9 Å². The van der Waals surface area contributed by atoms with Crippen molar-refractivity contribution in [3.8, 4) is 0 Å². The highest BCUT2D eigenvalue weighted by Gasteiger charge is 2.22. The molecule has 0 atom stereocenters. The number of nitro groups is 1. The van der Waals surface area contributed by atoms with Crippen LogP contribution in [0.1, 0.15) is 27.4 Å². The minimum atomic E-state index is -0.534. The van der Waals surface area contributed by atoms with Crippen LogP contribution in [0.25, 0.3) is 10.8 Å². The zero-order chi connectivity index (χ0) is 23.7. The maximum atomic E-state index is 12.9. The molecule has 0 aliphatic carbocycles. The minimum absolute atomic E-state index is 0.0810. The number of nitrogens with zero attached hydrogens (tertiary/aromatic N) is 6. The quantitative estimate of drug-likeness (QED) is 0.290. The summed E-state index contributed by atoms with van der Waals surface area (Å²) in [6.07, 6.45) is 5.73. The maximum Gasteiger partial charge on any atom is 0.307 e. The Bertz CT molecular complexity index is 1510. The topological polar surface area (TPSA) is 134 Å². The standard InChI is InChI=1S/C23H19N7O4/c1-15-21(14-29-13-19(10-25-29)30(32)33)22(27-34-15)23(31)26-18-9-24-28(12-18)11-17-7-4-6-16-5-2-3-8-20(16)17/h2-10,12-13H,11,14H2,1H3,(H,26,31). The Morgan fingerprint density at radius 2 is 1.82 bits per heavy atom. The predicted octanol–water partition coefficient (Wildman–Crippen LogP) is 3.79. The zero-order valence-corrected chi connectivity index (χ0v) is 18.1. The third-order valence-electron chi connectivity index (χ3n) is 5.45. The van der Waals surface area contributed by atoms with E-state index < -0.39 is 10.8 Å². The van der Waals surface area contributed by atoms with Gasteiger partial charge in [0, 0.05) is 11.8 Å². The van der Waals surface area contributed by atoms with Crippen molar-refractivity contribution in [1.29, 1.82) is 0 Å². The second-order valence-electron chi connectivity index (χ2n) is 7.74. The summed E-state index contributed by atoms with van der Waals surface area (Å²) in [7, 11) is 0. The molecule has 2 aromatic carbocycles. The number of rotatable bonds is 7. The molecule has 11 nitrogen and oxygen atoms in total. The SMILES string of the molecule is Cc1onc(C(=O)Nc2cnn(Cc3cccc4ccccc34)c2)c1Cn1cc([N+](=O)[O-])cn1. The van der Waals surface area contributed by atoms with Gasteiger partial charge >= 0.3 is 5.69 Å². The first-order chi connectivity index (χ1) is 16.5. The van der Waals surface area contributed by atoms with Gasteiger partial charge in [-0.25, -0.2) is 0 Å². The molecule has 11 heteroatoms. The van der Waals surface area contributed by atoms with Crippen LogP contribution in [-0.4, -0.2) is 35.5 Å². The van der Waals surface area contributed by atoms with Crippen LogP contribution in [0.5, 0.6) is 0 Å². The van der Waals surface area contributed by atoms with Gasteiger partial charge in [0.2, 0.25) is 0 Å². The van der Waals surface area contributed by atoms with Crippen LogP contribution in [0.4, 0.5) is 11.4 Å². The molecular weight excluding hydrogens is 438 g/mol. The van der Waals surface area contributed by atoms with Crippen LogP contribution in [0, 0.1) is 17.0 Å². The van der Waals surface area contributed by atoms with Crippen molar-refractivity contribution in [2.75, 3.05) is 5.32 Å². The van der Waals surface area contributed by atoms with Gasteiger partial charge in [-0.15, -0.1) is 0 Å². The molecule has 1 amide bonds. The Balaban J connectivity index is 1.31. The van der Waals surface area contributed by atoms with E-state index in [1.807, 2.05) is 24.3 Å². The molecule has 34 heavy (non-hydrogen) atoms. The van der Waals surface area contributed by atoms with Crippen LogP contribution in [0.2, 0.25) is 0 Å². The largest absolute Gasteiger partial charge is 0.361 e. The first-order valence-corrected chi connectivity index (χ1v) is 10.4. The zero-order valence-electron chi connectivity index (χ0n) is 18.1. The second-order valence-corrected chi connectivity index (χ2v) is 7.74. The summed E-state index contributed by atoms with van der Waals surface area (Å²) in [5.74, 6) is -0.0480. The Kier molecular flexibility index (Phi) is 5.34. The molecule has 0 fully saturated rings. The number of aromatic nitrogens is 5. The third kappa shape index (κ3) is 4.13. The van der Waals surface area contributed by atoms with Gasteiger partial charge in [-0.2, -0.15) is 10.2 Å². The van der Waals surface area contributed by atoms with Gasteiger partial charge in [0.1, 0.15) is 18.2 Å². The fourth-order valence-electron chi connectivity index (χ4n) is 3.76. The van der Waals surface area contributed by atoms with Gasteiger partial charge < -0.3 is 9.84 Å². The Morgan fingerprint density at radius 3 is 2.65 bits per heavy atom. The van der Waals surface area contributed by atoms with Gasteiger partial charge in [0.25, 0.3) is 5.91 Å². The van der Waals surface area contributed by atoms with E-state index in [2.05, 4.69) is 38.9 Å². The van der Waals surface area contributed by atoms with Crippen molar-refractivity contribution < 1.29 is 14.2 Å². The van der Waals surface area contributed by atoms with Crippen LogP contribution >= 0.6 is 0 Å². The molecular formula is C23H19N7O4. The highest BCUT2D eigenvalue weighted by atomic mass is 16.6. The second kappa shape index (κ2) is 8.62. The molecule has 1 N–H and O–H groups in total. The van der Waals surface area contributed by atoms with Gasteiger partial charge in [-0.3, -0.25) is 24.3 Å². The summed E-state index contributed by atoms with van der Waals surface area (Å²) in [4.78, 5) is 23.2. The van der Waals surface area contributed by atoms with Crippen molar-refractivity contribution in [3.63, 3.8) is 0 Å². The van der Waals surface area contributed by atoms with E-state index in [0.29, 0.717) is 23.6 Å². The summed E-state index contributed by atoms with van der Waals surface area (Å²) >= 11 is 0. The van der Waals surface area contributed by atoms with Gasteiger partial charge in [0.05, 0.1) is 29.9 Å². The molecule has 0 radical (unpaired) electrons. The van der Waals surface area contributed by atoms with Crippen molar-refractivity contribution in [2.45, 2.75) is 20.0 Å². The lowest BCUT2D eigenvalue weighted by Gasteiger charge is -2.06. The van der Waals surface area contributed by atoms with Gasteiger partial charge in [0.15, 0.2) is 5.69 Å². The summed E-state index contributed by atoms with van der Waals surface area (Å²) in [6, 6.07) is 14.2. The highest BCUT2D eigenvalue weighted by Crippen LogP contribution is 2.21. The van der Waals surface area contributed by atoms with Crippen LogP contribution in [-0.2, 0) is 13.1 Å². The molecule has 5 rings (SSSR count). The fraction of sp³-hybridized carbons (Fsp3) is 0.130. The van der Waals surface area contributed by atoms with E-state index in [-0.39, 0.29) is 17.9 Å². The number of hydrogen-bond donors (Lipinski definition) is 1. The van der Waals surface area contributed by atoms with Gasteiger partial charge in [-0.05, 0) is 23.3 Å². The number of carbonyl (C=O) groups is 1. The number of hydrogen-bond acceptors (Lipinski definition) is 7. The summed E-state index contributed by atoms with van der Waals surface area (Å²) < 4.78 is 8.30. The molecule has 3 heterocycles. The lowest BCUT2D eigenvalue weighted by Crippen LogP contribution is -2.15. The average molecular weight is 457 g/mol. The van der Waals surface area contributed by atoms with Crippen LogP contribution in [0.3, 0.4) is 0 Å². The van der Waals surface area contributed by atoms with E-state index in [0.717, 1.165) is 22.5 Å². The van der Waals surface area contributed by atoms with Crippen molar-refractivity contribution >= 4 is 28.1 Å². The average Bonchev–Trinajstić information content (AvgIpc) is 3.56. The summed E-state index contributed by atoms with van der Waals surface area (Å²) in [5, 5.41) is 28.2. The van der Waals surface area contributed by atoms with Crippen molar-refractivity contribution in [2.24, 2.45) is 0 Å². The van der Waals surface area contributed by atoms with E-state index in [4.69, 9.17) is 4.52 Å². The number of nitrogens with one attached hydrogen (secondary N) is 1. The molecule has 0 aliphatic rings. The molecule has 0 unspecified atom stereocenters. The number of fused-ring (bicyclic) bond motifs is 1. The third-order valence-corrected chi connectivity index (χ3v) is 5.45. The van der Waals surface area contributed by atoms with Crippen LogP contribution in [0.15, 0.2) is 71.8 Å². The minimum Gasteiger partial charge on any atom is -0.361 e.